The van der Waals surface area contributed by atoms with Gasteiger partial charge >= 0.3 is 0 Å². The molecule has 0 aliphatic carbocycles. The number of hydrogen-bond donors (Lipinski definition) is 0. The molecule has 0 saturated carbocycles. The molecule has 6 heteroatoms. The summed E-state index contributed by atoms with van der Waals surface area (Å²) >= 11 is 7.67. The zero-order valence-corrected chi connectivity index (χ0v) is 15.6. The van der Waals surface area contributed by atoms with Crippen molar-refractivity contribution in [2.45, 2.75) is 25.8 Å². The minimum Gasteiger partial charge on any atom is -0.495 e. The monoisotopic (exact) mass is 371 g/mol. The Kier molecular flexibility index (Phi) is 4.36. The molecule has 0 fully saturated rings. The Labute approximate surface area is 155 Å². The van der Waals surface area contributed by atoms with Crippen molar-refractivity contribution >= 4 is 44.7 Å². The number of methoxy groups -OCH3 is 1. The van der Waals surface area contributed by atoms with Crippen LogP contribution in [0.1, 0.15) is 25.3 Å². The molecule has 0 spiro atoms. The van der Waals surface area contributed by atoms with Crippen LogP contribution < -0.4 is 9.75 Å². The molecule has 128 valence electrons. The van der Waals surface area contributed by atoms with Gasteiger partial charge in [-0.25, -0.2) is 5.01 Å². The summed E-state index contributed by atoms with van der Waals surface area (Å²) < 4.78 is 11.2. The molecule has 25 heavy (non-hydrogen) atoms. The first-order valence-corrected chi connectivity index (χ1v) is 9.37. The van der Waals surface area contributed by atoms with Gasteiger partial charge in [0.1, 0.15) is 5.75 Å². The maximum Gasteiger partial charge on any atom is 0.170 e. The number of anilines is 1. The van der Waals surface area contributed by atoms with E-state index in [0.717, 1.165) is 35.3 Å². The molecule has 2 aromatic carbocycles. The number of ether oxygens (including phenoxy) is 1. The number of aromatic nitrogens is 1. The predicted octanol–water partition coefficient (Wildman–Crippen LogP) is 5.35. The lowest BCUT2D eigenvalue weighted by atomic mass is 10.0. The number of halogens is 1. The summed E-state index contributed by atoms with van der Waals surface area (Å²) in [5, 5.41) is 8.74. The van der Waals surface area contributed by atoms with Crippen LogP contribution in [0, 0.1) is 0 Å². The SMILES string of the molecule is COc1cc(C2=NN(c3nsc4ccccc34)C(C)CC2)ccc1Cl. The molecule has 1 aromatic heterocycles. The summed E-state index contributed by atoms with van der Waals surface area (Å²) in [6, 6.07) is 14.4. The van der Waals surface area contributed by atoms with Crippen LogP contribution in [-0.4, -0.2) is 23.2 Å². The van der Waals surface area contributed by atoms with E-state index in [2.05, 4.69) is 28.4 Å². The molecule has 1 unspecified atom stereocenters. The van der Waals surface area contributed by atoms with Gasteiger partial charge in [-0.2, -0.15) is 9.47 Å². The maximum atomic E-state index is 6.15. The molecular formula is C19H18ClN3OS. The lowest BCUT2D eigenvalue weighted by Gasteiger charge is -2.30. The van der Waals surface area contributed by atoms with Crippen LogP contribution in [0.5, 0.6) is 5.75 Å². The first-order chi connectivity index (χ1) is 12.2. The molecule has 2 heterocycles. The molecule has 1 aliphatic rings. The van der Waals surface area contributed by atoms with Gasteiger partial charge in [0.2, 0.25) is 0 Å². The Balaban J connectivity index is 1.77. The van der Waals surface area contributed by atoms with E-state index in [-0.39, 0.29) is 0 Å². The molecule has 1 aliphatic heterocycles. The lowest BCUT2D eigenvalue weighted by molar-refractivity contribution is 0.415. The van der Waals surface area contributed by atoms with Gasteiger partial charge in [0.05, 0.1) is 28.6 Å². The van der Waals surface area contributed by atoms with E-state index in [4.69, 9.17) is 21.4 Å². The van der Waals surface area contributed by atoms with E-state index >= 15 is 0 Å². The van der Waals surface area contributed by atoms with E-state index in [9.17, 15) is 0 Å². The van der Waals surface area contributed by atoms with Crippen molar-refractivity contribution in [1.29, 1.82) is 0 Å². The fraction of sp³-hybridized carbons (Fsp3) is 0.263. The third-order valence-corrected chi connectivity index (χ3v) is 5.63. The normalized spacial score (nSPS) is 17.6. The highest BCUT2D eigenvalue weighted by molar-refractivity contribution is 7.13. The fourth-order valence-corrected chi connectivity index (χ4v) is 4.04. The number of benzene rings is 2. The molecule has 4 rings (SSSR count). The van der Waals surface area contributed by atoms with Gasteiger partial charge in [-0.1, -0.05) is 29.8 Å². The minimum absolute atomic E-state index is 0.309. The van der Waals surface area contributed by atoms with Gasteiger partial charge in [0, 0.05) is 10.9 Å². The van der Waals surface area contributed by atoms with E-state index in [1.54, 1.807) is 7.11 Å². The Bertz CT molecular complexity index is 953. The highest BCUT2D eigenvalue weighted by atomic mass is 35.5. The lowest BCUT2D eigenvalue weighted by Crippen LogP contribution is -2.34. The van der Waals surface area contributed by atoms with Gasteiger partial charge in [-0.15, -0.1) is 0 Å². The van der Waals surface area contributed by atoms with Crippen molar-refractivity contribution in [1.82, 2.24) is 4.37 Å². The molecule has 4 nitrogen and oxygen atoms in total. The second-order valence-corrected chi connectivity index (χ2v) is 7.34. The van der Waals surface area contributed by atoms with Crippen molar-refractivity contribution in [3.05, 3.63) is 53.1 Å². The van der Waals surface area contributed by atoms with Crippen molar-refractivity contribution in [3.63, 3.8) is 0 Å². The zero-order valence-electron chi connectivity index (χ0n) is 14.1. The smallest absolute Gasteiger partial charge is 0.170 e. The highest BCUT2D eigenvalue weighted by Gasteiger charge is 2.25. The first kappa shape index (κ1) is 16.4. The quantitative estimate of drug-likeness (QED) is 0.622. The van der Waals surface area contributed by atoms with Gasteiger partial charge in [-0.3, -0.25) is 0 Å². The van der Waals surface area contributed by atoms with Crippen molar-refractivity contribution < 1.29 is 4.74 Å². The minimum atomic E-state index is 0.309. The summed E-state index contributed by atoms with van der Waals surface area (Å²) in [5.41, 5.74) is 2.07. The van der Waals surface area contributed by atoms with Crippen LogP contribution in [0.4, 0.5) is 5.82 Å². The predicted molar refractivity (Wildman–Crippen MR) is 105 cm³/mol. The van der Waals surface area contributed by atoms with Crippen LogP contribution in [0.25, 0.3) is 10.1 Å². The molecule has 0 N–H and O–H groups in total. The topological polar surface area (TPSA) is 37.7 Å². The standard InChI is InChI=1S/C19H18ClN3OS/c1-12-7-10-16(13-8-9-15(20)17(11-13)24-2)21-23(12)19-14-5-3-4-6-18(14)25-22-19/h3-6,8-9,11-12H,7,10H2,1-2H3. The maximum absolute atomic E-state index is 6.15. The summed E-state index contributed by atoms with van der Waals surface area (Å²) in [7, 11) is 1.63. The summed E-state index contributed by atoms with van der Waals surface area (Å²) in [4.78, 5) is 0. The summed E-state index contributed by atoms with van der Waals surface area (Å²) in [6.45, 7) is 2.19. The van der Waals surface area contributed by atoms with Crippen LogP contribution in [0.15, 0.2) is 47.6 Å². The molecule has 0 saturated heterocycles. The van der Waals surface area contributed by atoms with Gasteiger partial charge in [-0.05, 0) is 55.6 Å². The summed E-state index contributed by atoms with van der Waals surface area (Å²) in [6.07, 6.45) is 1.94. The van der Waals surface area contributed by atoms with Gasteiger partial charge in [0.25, 0.3) is 0 Å². The van der Waals surface area contributed by atoms with Crippen LogP contribution >= 0.6 is 23.1 Å². The van der Waals surface area contributed by atoms with E-state index in [1.807, 2.05) is 30.3 Å². The van der Waals surface area contributed by atoms with Crippen LogP contribution in [-0.2, 0) is 0 Å². The number of fused-ring (bicyclic) bond motifs is 1. The van der Waals surface area contributed by atoms with Crippen LogP contribution in [0.2, 0.25) is 5.02 Å². The second kappa shape index (κ2) is 6.65. The Hall–Kier alpha value is -2.11. The zero-order chi connectivity index (χ0) is 17.4. The fourth-order valence-electron chi connectivity index (χ4n) is 3.08. The second-order valence-electron chi connectivity index (χ2n) is 6.13. The van der Waals surface area contributed by atoms with Crippen molar-refractivity contribution in [2.75, 3.05) is 12.1 Å². The van der Waals surface area contributed by atoms with Crippen molar-refractivity contribution in [2.24, 2.45) is 5.10 Å². The number of rotatable bonds is 3. The highest BCUT2D eigenvalue weighted by Crippen LogP contribution is 2.34. The summed E-state index contributed by atoms with van der Waals surface area (Å²) in [5.74, 6) is 1.61. The van der Waals surface area contributed by atoms with Crippen LogP contribution in [0.3, 0.4) is 0 Å². The number of nitrogens with zero attached hydrogens (tertiary/aromatic N) is 3. The molecule has 1 atom stereocenters. The Morgan fingerprint density at radius 3 is 2.92 bits per heavy atom. The Morgan fingerprint density at radius 1 is 1.24 bits per heavy atom. The third-order valence-electron chi connectivity index (χ3n) is 4.50. The average Bonchev–Trinajstić information content (AvgIpc) is 3.07. The molecule has 0 radical (unpaired) electrons. The first-order valence-electron chi connectivity index (χ1n) is 8.22. The molecular weight excluding hydrogens is 354 g/mol. The molecule has 0 bridgehead atoms. The average molecular weight is 372 g/mol. The van der Waals surface area contributed by atoms with Crippen molar-refractivity contribution in [3.8, 4) is 5.75 Å². The largest absolute Gasteiger partial charge is 0.495 e. The third kappa shape index (κ3) is 2.98. The van der Waals surface area contributed by atoms with E-state index in [1.165, 1.54) is 16.2 Å². The molecule has 0 amide bonds. The van der Waals surface area contributed by atoms with E-state index < -0.39 is 0 Å². The van der Waals surface area contributed by atoms with Gasteiger partial charge < -0.3 is 4.74 Å². The molecule has 3 aromatic rings. The number of hydrogen-bond acceptors (Lipinski definition) is 5. The van der Waals surface area contributed by atoms with Gasteiger partial charge in [0.15, 0.2) is 5.82 Å². The Morgan fingerprint density at radius 2 is 2.08 bits per heavy atom. The van der Waals surface area contributed by atoms with E-state index in [0.29, 0.717) is 16.8 Å². The number of hydrazone groups is 1.